The van der Waals surface area contributed by atoms with E-state index in [-0.39, 0.29) is 11.5 Å². The lowest BCUT2D eigenvalue weighted by Crippen LogP contribution is -2.30. The van der Waals surface area contributed by atoms with E-state index in [0.717, 1.165) is 0 Å². The van der Waals surface area contributed by atoms with E-state index in [1.807, 2.05) is 0 Å². The zero-order valence-corrected chi connectivity index (χ0v) is 12.0. The first-order valence-corrected chi connectivity index (χ1v) is 7.36. The first kappa shape index (κ1) is 14.4. The molecule has 5 nitrogen and oxygen atoms in total. The molecule has 1 unspecified atom stereocenters. The van der Waals surface area contributed by atoms with Crippen molar-refractivity contribution in [2.75, 3.05) is 19.8 Å². The number of sulfonamides is 1. The largest absolute Gasteiger partial charge is 0.508 e. The summed E-state index contributed by atoms with van der Waals surface area (Å²) in [7, 11) is -0.0653. The molecule has 0 fully saturated rings. The number of aromatic hydroxyl groups is 1. The van der Waals surface area contributed by atoms with Crippen LogP contribution < -0.4 is 5.14 Å². The highest BCUT2D eigenvalue weighted by Gasteiger charge is 2.20. The average Bonchev–Trinajstić information content (AvgIpc) is 2.10. The first-order valence-electron chi connectivity index (χ1n) is 4.85. The highest BCUT2D eigenvalue weighted by molar-refractivity contribution is 9.10. The lowest BCUT2D eigenvalue weighted by Gasteiger charge is -2.24. The number of hydrogen-bond acceptors (Lipinski definition) is 4. The van der Waals surface area contributed by atoms with Crippen molar-refractivity contribution in [3.8, 4) is 5.75 Å². The molecule has 1 aromatic rings. The van der Waals surface area contributed by atoms with Crippen molar-refractivity contribution in [1.29, 1.82) is 0 Å². The number of hydrogen-bond donors (Lipinski definition) is 2. The topological polar surface area (TPSA) is 83.6 Å². The number of benzene rings is 1. The normalized spacial score (nSPS) is 13.9. The van der Waals surface area contributed by atoms with Crippen molar-refractivity contribution >= 4 is 26.0 Å². The molecule has 0 amide bonds. The lowest BCUT2D eigenvalue weighted by atomic mass is 10.1. The van der Waals surface area contributed by atoms with Crippen LogP contribution in [0, 0.1) is 0 Å². The molecular formula is C10H15BrN2O3S. The molecule has 1 rings (SSSR count). The second kappa shape index (κ2) is 5.34. The maximum atomic E-state index is 11.2. The molecule has 7 heteroatoms. The number of nitrogens with zero attached hydrogens (tertiary/aromatic N) is 1. The molecule has 0 heterocycles. The van der Waals surface area contributed by atoms with Crippen LogP contribution in [0.15, 0.2) is 22.7 Å². The molecule has 17 heavy (non-hydrogen) atoms. The molecule has 0 aliphatic carbocycles. The molecule has 0 spiro atoms. The van der Waals surface area contributed by atoms with Crippen LogP contribution in [0.4, 0.5) is 0 Å². The van der Waals surface area contributed by atoms with E-state index in [0.29, 0.717) is 10.0 Å². The summed E-state index contributed by atoms with van der Waals surface area (Å²) in [5, 5.41) is 14.6. The molecule has 0 aromatic heterocycles. The highest BCUT2D eigenvalue weighted by atomic mass is 79.9. The Morgan fingerprint density at radius 2 is 2.00 bits per heavy atom. The Morgan fingerprint density at radius 3 is 2.41 bits per heavy atom. The predicted octanol–water partition coefficient (Wildman–Crippen LogP) is 1.05. The van der Waals surface area contributed by atoms with Gasteiger partial charge in [-0.15, -0.1) is 0 Å². The third-order valence-electron chi connectivity index (χ3n) is 2.30. The van der Waals surface area contributed by atoms with Gasteiger partial charge in [0.05, 0.1) is 5.75 Å². The Hall–Kier alpha value is -0.630. The molecule has 96 valence electrons. The molecule has 0 saturated heterocycles. The van der Waals surface area contributed by atoms with Gasteiger partial charge in [0.25, 0.3) is 0 Å². The van der Waals surface area contributed by atoms with Crippen molar-refractivity contribution in [2.24, 2.45) is 5.14 Å². The molecule has 0 aliphatic heterocycles. The fraction of sp³-hybridized carbons (Fsp3) is 0.400. The summed E-state index contributed by atoms with van der Waals surface area (Å²) in [5.41, 5.74) is 0.691. The minimum atomic E-state index is -3.58. The van der Waals surface area contributed by atoms with E-state index >= 15 is 0 Å². The Balaban J connectivity index is 3.14. The van der Waals surface area contributed by atoms with Crippen molar-refractivity contribution in [1.82, 2.24) is 4.90 Å². The Kier molecular flexibility index (Phi) is 4.54. The molecule has 3 N–H and O–H groups in total. The van der Waals surface area contributed by atoms with Gasteiger partial charge in [-0.25, -0.2) is 13.6 Å². The summed E-state index contributed by atoms with van der Waals surface area (Å²) in [6, 6.07) is 4.43. The fourth-order valence-electron chi connectivity index (χ4n) is 1.55. The minimum Gasteiger partial charge on any atom is -0.508 e. The monoisotopic (exact) mass is 322 g/mol. The van der Waals surface area contributed by atoms with Gasteiger partial charge in [0.2, 0.25) is 10.0 Å². The number of rotatable bonds is 4. The summed E-state index contributed by atoms with van der Waals surface area (Å²) in [4.78, 5) is 1.74. The molecule has 0 aliphatic rings. The fourth-order valence-corrected chi connectivity index (χ4v) is 2.98. The predicted molar refractivity (Wildman–Crippen MR) is 70.2 cm³/mol. The van der Waals surface area contributed by atoms with Crippen molar-refractivity contribution in [2.45, 2.75) is 6.04 Å². The van der Waals surface area contributed by atoms with Gasteiger partial charge < -0.3 is 10.0 Å². The smallest absolute Gasteiger partial charge is 0.210 e. The van der Waals surface area contributed by atoms with E-state index in [9.17, 15) is 13.5 Å². The van der Waals surface area contributed by atoms with Crippen LogP contribution >= 0.6 is 15.9 Å². The number of primary sulfonamides is 1. The zero-order chi connectivity index (χ0) is 13.2. The van der Waals surface area contributed by atoms with Gasteiger partial charge in [0.1, 0.15) is 5.75 Å². The Labute approximate surface area is 109 Å². The molecule has 0 saturated carbocycles. The van der Waals surface area contributed by atoms with Crippen molar-refractivity contribution in [3.05, 3.63) is 28.2 Å². The Morgan fingerprint density at radius 1 is 1.41 bits per heavy atom. The second-order valence-electron chi connectivity index (χ2n) is 4.05. The molecular weight excluding hydrogens is 308 g/mol. The van der Waals surface area contributed by atoms with E-state index in [1.165, 1.54) is 12.1 Å². The van der Waals surface area contributed by atoms with Gasteiger partial charge in [-0.2, -0.15) is 0 Å². The summed E-state index contributed by atoms with van der Waals surface area (Å²) in [5.74, 6) is -0.119. The average molecular weight is 323 g/mol. The molecule has 1 aromatic carbocycles. The van der Waals surface area contributed by atoms with Crippen LogP contribution in [0.25, 0.3) is 0 Å². The quantitative estimate of drug-likeness (QED) is 0.867. The van der Waals surface area contributed by atoms with E-state index in [2.05, 4.69) is 15.9 Å². The third-order valence-corrected chi connectivity index (χ3v) is 3.54. The SMILES string of the molecule is CN(C)C(CS(N)(=O)=O)c1cc(O)cc(Br)c1. The number of phenols is 1. The van der Waals surface area contributed by atoms with Gasteiger partial charge in [-0.3, -0.25) is 0 Å². The summed E-state index contributed by atoms with van der Waals surface area (Å²) >= 11 is 3.25. The van der Waals surface area contributed by atoms with Gasteiger partial charge in [-0.05, 0) is 37.9 Å². The van der Waals surface area contributed by atoms with Crippen LogP contribution in [0.3, 0.4) is 0 Å². The zero-order valence-electron chi connectivity index (χ0n) is 9.59. The summed E-state index contributed by atoms with van der Waals surface area (Å²) in [6.07, 6.45) is 0. The van der Waals surface area contributed by atoms with Gasteiger partial charge in [-0.1, -0.05) is 15.9 Å². The van der Waals surface area contributed by atoms with E-state index in [1.54, 1.807) is 25.1 Å². The summed E-state index contributed by atoms with van der Waals surface area (Å²) < 4.78 is 23.0. The summed E-state index contributed by atoms with van der Waals surface area (Å²) in [6.45, 7) is 0. The number of phenolic OH excluding ortho intramolecular Hbond substituents is 1. The lowest BCUT2D eigenvalue weighted by molar-refractivity contribution is 0.321. The van der Waals surface area contributed by atoms with Crippen LogP contribution in [-0.4, -0.2) is 38.3 Å². The second-order valence-corrected chi connectivity index (χ2v) is 6.63. The van der Waals surface area contributed by atoms with Crippen LogP contribution in [-0.2, 0) is 10.0 Å². The highest BCUT2D eigenvalue weighted by Crippen LogP contribution is 2.27. The minimum absolute atomic E-state index is 0.0793. The van der Waals surface area contributed by atoms with Crippen LogP contribution in [0.1, 0.15) is 11.6 Å². The van der Waals surface area contributed by atoms with Gasteiger partial charge in [0, 0.05) is 10.5 Å². The molecule has 0 radical (unpaired) electrons. The van der Waals surface area contributed by atoms with Crippen LogP contribution in [0.5, 0.6) is 5.75 Å². The van der Waals surface area contributed by atoms with Crippen molar-refractivity contribution in [3.63, 3.8) is 0 Å². The Bertz CT molecular complexity index is 482. The van der Waals surface area contributed by atoms with Gasteiger partial charge >= 0.3 is 0 Å². The standard InChI is InChI=1S/C10H15BrN2O3S/c1-13(2)10(6-17(12,15)16)7-3-8(11)5-9(14)4-7/h3-5,10,14H,6H2,1-2H3,(H2,12,15,16). The van der Waals surface area contributed by atoms with Crippen LogP contribution in [0.2, 0.25) is 0 Å². The maximum Gasteiger partial charge on any atom is 0.210 e. The molecule has 1 atom stereocenters. The maximum absolute atomic E-state index is 11.2. The van der Waals surface area contributed by atoms with Gasteiger partial charge in [0.15, 0.2) is 0 Å². The first-order chi connectivity index (χ1) is 7.69. The van der Waals surface area contributed by atoms with E-state index in [4.69, 9.17) is 5.14 Å². The number of nitrogens with two attached hydrogens (primary N) is 1. The van der Waals surface area contributed by atoms with E-state index < -0.39 is 16.1 Å². The third kappa shape index (κ3) is 4.63. The number of halogens is 1. The molecule has 0 bridgehead atoms. The van der Waals surface area contributed by atoms with Crippen molar-refractivity contribution < 1.29 is 13.5 Å².